The van der Waals surface area contributed by atoms with Crippen LogP contribution in [-0.4, -0.2) is 45.9 Å². The summed E-state index contributed by atoms with van der Waals surface area (Å²) < 4.78 is 0. The Bertz CT molecular complexity index is 779. The lowest BCUT2D eigenvalue weighted by Crippen LogP contribution is -2.52. The van der Waals surface area contributed by atoms with E-state index in [4.69, 9.17) is 5.11 Å². The van der Waals surface area contributed by atoms with E-state index in [-0.39, 0.29) is 5.54 Å². The Balaban J connectivity index is 1.70. The summed E-state index contributed by atoms with van der Waals surface area (Å²) in [5.41, 5.74) is 2.51. The van der Waals surface area contributed by atoms with E-state index in [1.807, 2.05) is 30.5 Å². The first-order valence-corrected chi connectivity index (χ1v) is 7.36. The average Bonchev–Trinajstić information content (AvgIpc) is 2.55. The fourth-order valence-electron chi connectivity index (χ4n) is 3.19. The second kappa shape index (κ2) is 4.69. The number of carbonyl (C=O) groups is 1. The lowest BCUT2D eigenvalue weighted by Gasteiger charge is -2.41. The Morgan fingerprint density at radius 1 is 1.27 bits per heavy atom. The number of anilines is 1. The van der Waals surface area contributed by atoms with Gasteiger partial charge in [0.2, 0.25) is 0 Å². The number of hydrogen-bond donors (Lipinski definition) is 2. The van der Waals surface area contributed by atoms with Gasteiger partial charge < -0.3 is 15.3 Å². The monoisotopic (exact) mass is 296 g/mol. The van der Waals surface area contributed by atoms with Gasteiger partial charge in [-0.3, -0.25) is 9.98 Å². The maximum atomic E-state index is 11.1. The first kappa shape index (κ1) is 13.1. The number of amides is 1. The van der Waals surface area contributed by atoms with Gasteiger partial charge in [-0.25, -0.2) is 4.79 Å². The molecule has 0 bridgehead atoms. The second-order valence-corrected chi connectivity index (χ2v) is 5.84. The van der Waals surface area contributed by atoms with Gasteiger partial charge in [-0.2, -0.15) is 0 Å². The van der Waals surface area contributed by atoms with Crippen LogP contribution in [-0.2, 0) is 0 Å². The highest BCUT2D eigenvalue weighted by Gasteiger charge is 2.37. The van der Waals surface area contributed by atoms with Crippen LogP contribution in [0.3, 0.4) is 0 Å². The third kappa shape index (κ3) is 1.99. The fraction of sp³-hybridized carbons (Fsp3) is 0.312. The predicted molar refractivity (Wildman–Crippen MR) is 85.1 cm³/mol. The number of hydrogen-bond acceptors (Lipinski definition) is 4. The third-order valence-electron chi connectivity index (χ3n) is 4.51. The normalized spacial score (nSPS) is 19.0. The standard InChI is InChI=1S/C16H16N4O2/c21-15(22)20-7-5-16(6-8-20)10-18-13-9-17-12-4-2-1-3-11(12)14(13)19-16/h1-4,9-10,19H,5-8H2,(H,21,22). The summed E-state index contributed by atoms with van der Waals surface area (Å²) in [5.74, 6) is 0. The lowest BCUT2D eigenvalue weighted by atomic mass is 9.87. The van der Waals surface area contributed by atoms with Crippen LogP contribution in [0.5, 0.6) is 0 Å². The molecule has 1 amide bonds. The molecule has 0 atom stereocenters. The van der Waals surface area contributed by atoms with Crippen molar-refractivity contribution in [2.75, 3.05) is 18.4 Å². The first-order chi connectivity index (χ1) is 10.7. The van der Waals surface area contributed by atoms with Crippen LogP contribution in [0.1, 0.15) is 12.8 Å². The van der Waals surface area contributed by atoms with Crippen molar-refractivity contribution in [3.8, 4) is 0 Å². The van der Waals surface area contributed by atoms with E-state index in [2.05, 4.69) is 15.3 Å². The molecule has 1 aromatic carbocycles. The summed E-state index contributed by atoms with van der Waals surface area (Å²) in [6.07, 6.45) is 4.29. The summed E-state index contributed by atoms with van der Waals surface area (Å²) in [6, 6.07) is 7.98. The molecule has 2 aromatic rings. The van der Waals surface area contributed by atoms with Crippen LogP contribution in [0, 0.1) is 0 Å². The van der Waals surface area contributed by atoms with Gasteiger partial charge in [0.05, 0.1) is 22.9 Å². The molecule has 0 unspecified atom stereocenters. The van der Waals surface area contributed by atoms with Gasteiger partial charge in [0.15, 0.2) is 0 Å². The number of piperidine rings is 1. The van der Waals surface area contributed by atoms with Crippen molar-refractivity contribution in [1.82, 2.24) is 9.88 Å². The van der Waals surface area contributed by atoms with Crippen molar-refractivity contribution in [3.05, 3.63) is 30.5 Å². The molecule has 3 heterocycles. The molecule has 6 heteroatoms. The summed E-state index contributed by atoms with van der Waals surface area (Å²) >= 11 is 0. The van der Waals surface area contributed by atoms with Crippen LogP contribution in [0.4, 0.5) is 16.2 Å². The van der Waals surface area contributed by atoms with Crippen LogP contribution in [0.2, 0.25) is 0 Å². The van der Waals surface area contributed by atoms with E-state index in [1.54, 1.807) is 6.20 Å². The second-order valence-electron chi connectivity index (χ2n) is 5.84. The highest BCUT2D eigenvalue weighted by Crippen LogP contribution is 2.39. The Morgan fingerprint density at radius 3 is 2.82 bits per heavy atom. The molecule has 1 spiro atoms. The maximum absolute atomic E-state index is 11.1. The van der Waals surface area contributed by atoms with Gasteiger partial charge >= 0.3 is 6.09 Å². The summed E-state index contributed by atoms with van der Waals surface area (Å²) in [6.45, 7) is 1.04. The zero-order valence-corrected chi connectivity index (χ0v) is 12.0. The molecular formula is C16H16N4O2. The van der Waals surface area contributed by atoms with Crippen molar-refractivity contribution < 1.29 is 9.90 Å². The molecule has 1 saturated heterocycles. The van der Waals surface area contributed by atoms with Gasteiger partial charge in [-0.15, -0.1) is 0 Å². The number of likely N-dealkylation sites (tertiary alicyclic amines) is 1. The molecule has 2 aliphatic heterocycles. The summed E-state index contributed by atoms with van der Waals surface area (Å²) in [4.78, 5) is 21.5. The number of carboxylic acid groups (broad SMARTS) is 1. The number of pyridine rings is 1. The quantitative estimate of drug-likeness (QED) is 0.783. The number of nitrogens with zero attached hydrogens (tertiary/aromatic N) is 3. The average molecular weight is 296 g/mol. The number of nitrogens with one attached hydrogen (secondary N) is 1. The minimum atomic E-state index is -0.849. The molecular weight excluding hydrogens is 280 g/mol. The molecule has 1 aromatic heterocycles. The minimum absolute atomic E-state index is 0.261. The molecule has 6 nitrogen and oxygen atoms in total. The number of rotatable bonds is 0. The van der Waals surface area contributed by atoms with Gasteiger partial charge in [-0.1, -0.05) is 18.2 Å². The number of aromatic nitrogens is 1. The fourth-order valence-corrected chi connectivity index (χ4v) is 3.19. The van der Waals surface area contributed by atoms with E-state index in [1.165, 1.54) is 4.90 Å². The van der Waals surface area contributed by atoms with Crippen LogP contribution in [0.25, 0.3) is 10.9 Å². The van der Waals surface area contributed by atoms with Gasteiger partial charge in [-0.05, 0) is 18.9 Å². The number of benzene rings is 1. The molecule has 2 aliphatic rings. The van der Waals surface area contributed by atoms with E-state index in [0.29, 0.717) is 13.1 Å². The van der Waals surface area contributed by atoms with Crippen molar-refractivity contribution in [1.29, 1.82) is 0 Å². The van der Waals surface area contributed by atoms with E-state index < -0.39 is 6.09 Å². The highest BCUT2D eigenvalue weighted by molar-refractivity contribution is 6.01. The SMILES string of the molecule is O=C(O)N1CCC2(C=Nc3cnc4ccccc4c3N2)CC1. The molecule has 2 N–H and O–H groups in total. The zero-order valence-electron chi connectivity index (χ0n) is 12.0. The number of para-hydroxylation sites is 1. The summed E-state index contributed by atoms with van der Waals surface area (Å²) in [5, 5.41) is 13.7. The molecule has 0 radical (unpaired) electrons. The predicted octanol–water partition coefficient (Wildman–Crippen LogP) is 2.88. The molecule has 112 valence electrons. The molecule has 4 rings (SSSR count). The molecule has 1 fully saturated rings. The number of aliphatic imine (C=N–C) groups is 1. The minimum Gasteiger partial charge on any atom is -0.465 e. The van der Waals surface area contributed by atoms with Crippen molar-refractivity contribution in [3.63, 3.8) is 0 Å². The molecule has 0 saturated carbocycles. The third-order valence-corrected chi connectivity index (χ3v) is 4.51. The van der Waals surface area contributed by atoms with Crippen LogP contribution in [0.15, 0.2) is 35.5 Å². The Hall–Kier alpha value is -2.63. The Labute approximate surface area is 127 Å². The van der Waals surface area contributed by atoms with E-state index >= 15 is 0 Å². The summed E-state index contributed by atoms with van der Waals surface area (Å²) in [7, 11) is 0. The van der Waals surface area contributed by atoms with Gasteiger partial charge in [0.1, 0.15) is 5.69 Å². The smallest absolute Gasteiger partial charge is 0.407 e. The first-order valence-electron chi connectivity index (χ1n) is 7.36. The van der Waals surface area contributed by atoms with E-state index in [0.717, 1.165) is 35.1 Å². The van der Waals surface area contributed by atoms with E-state index in [9.17, 15) is 4.79 Å². The van der Waals surface area contributed by atoms with Crippen LogP contribution < -0.4 is 5.32 Å². The maximum Gasteiger partial charge on any atom is 0.407 e. The molecule has 0 aliphatic carbocycles. The zero-order chi connectivity index (χ0) is 15.2. The van der Waals surface area contributed by atoms with Crippen molar-refractivity contribution >= 4 is 34.6 Å². The van der Waals surface area contributed by atoms with Gasteiger partial charge in [0.25, 0.3) is 0 Å². The lowest BCUT2D eigenvalue weighted by molar-refractivity contribution is 0.130. The highest BCUT2D eigenvalue weighted by atomic mass is 16.4. The largest absolute Gasteiger partial charge is 0.465 e. The van der Waals surface area contributed by atoms with Crippen molar-refractivity contribution in [2.45, 2.75) is 18.4 Å². The Kier molecular flexibility index (Phi) is 2.79. The van der Waals surface area contributed by atoms with Crippen molar-refractivity contribution in [2.24, 2.45) is 4.99 Å². The van der Waals surface area contributed by atoms with Crippen LogP contribution >= 0.6 is 0 Å². The van der Waals surface area contributed by atoms with Gasteiger partial charge in [0, 0.05) is 24.7 Å². The topological polar surface area (TPSA) is 77.8 Å². The number of fused-ring (bicyclic) bond motifs is 3. The molecule has 22 heavy (non-hydrogen) atoms. The Morgan fingerprint density at radius 2 is 2.05 bits per heavy atom.